The smallest absolute Gasteiger partial charge is 0.326 e. The molecule has 2 amide bonds. The quantitative estimate of drug-likeness (QED) is 0.732. The average molecular weight is 268 g/mol. The number of hydrogen-bond acceptors (Lipinski definition) is 2. The SMILES string of the molecule is CC(C)(C)[C@@H](NC(=O)NC1CC2CCC1C2)C(=O)O. The molecule has 0 aliphatic heterocycles. The molecule has 0 aromatic rings. The highest BCUT2D eigenvalue weighted by Crippen LogP contribution is 2.44. The summed E-state index contributed by atoms with van der Waals surface area (Å²) < 4.78 is 0. The van der Waals surface area contributed by atoms with Gasteiger partial charge in [-0.1, -0.05) is 27.2 Å². The van der Waals surface area contributed by atoms with Crippen molar-refractivity contribution >= 4 is 12.0 Å². The van der Waals surface area contributed by atoms with Gasteiger partial charge in [0.15, 0.2) is 0 Å². The van der Waals surface area contributed by atoms with Gasteiger partial charge in [-0.3, -0.25) is 0 Å². The second kappa shape index (κ2) is 5.02. The molecule has 19 heavy (non-hydrogen) atoms. The van der Waals surface area contributed by atoms with Gasteiger partial charge in [-0.2, -0.15) is 0 Å². The van der Waals surface area contributed by atoms with E-state index in [0.717, 1.165) is 12.3 Å². The first-order valence-corrected chi connectivity index (χ1v) is 7.07. The number of urea groups is 1. The van der Waals surface area contributed by atoms with E-state index >= 15 is 0 Å². The summed E-state index contributed by atoms with van der Waals surface area (Å²) in [6.07, 6.45) is 4.74. The molecule has 5 nitrogen and oxygen atoms in total. The molecule has 0 aromatic carbocycles. The van der Waals surface area contributed by atoms with Crippen molar-refractivity contribution in [3.63, 3.8) is 0 Å². The lowest BCUT2D eigenvalue weighted by atomic mass is 9.87. The number of nitrogens with one attached hydrogen (secondary N) is 2. The van der Waals surface area contributed by atoms with Gasteiger partial charge in [0.05, 0.1) is 0 Å². The van der Waals surface area contributed by atoms with Crippen molar-refractivity contribution in [1.82, 2.24) is 10.6 Å². The van der Waals surface area contributed by atoms with Gasteiger partial charge in [0, 0.05) is 6.04 Å². The van der Waals surface area contributed by atoms with Gasteiger partial charge in [-0.15, -0.1) is 0 Å². The number of rotatable bonds is 3. The van der Waals surface area contributed by atoms with Crippen LogP contribution in [-0.2, 0) is 4.79 Å². The minimum atomic E-state index is -0.990. The van der Waals surface area contributed by atoms with E-state index in [1.807, 2.05) is 20.8 Å². The Morgan fingerprint density at radius 3 is 2.32 bits per heavy atom. The number of aliphatic carboxylic acids is 1. The first kappa shape index (κ1) is 14.2. The second-order valence-corrected chi connectivity index (χ2v) is 7.04. The normalized spacial score (nSPS) is 31.0. The van der Waals surface area contributed by atoms with Crippen LogP contribution in [0.4, 0.5) is 4.79 Å². The fraction of sp³-hybridized carbons (Fsp3) is 0.857. The minimum Gasteiger partial charge on any atom is -0.480 e. The lowest BCUT2D eigenvalue weighted by Crippen LogP contribution is -2.54. The van der Waals surface area contributed by atoms with Gasteiger partial charge < -0.3 is 15.7 Å². The number of carbonyl (C=O) groups is 2. The Hall–Kier alpha value is -1.26. The molecule has 3 N–H and O–H groups in total. The van der Waals surface area contributed by atoms with Crippen LogP contribution in [-0.4, -0.2) is 29.2 Å². The van der Waals surface area contributed by atoms with Crippen molar-refractivity contribution in [3.05, 3.63) is 0 Å². The Kier molecular flexibility index (Phi) is 3.74. The van der Waals surface area contributed by atoms with Crippen LogP contribution in [0.25, 0.3) is 0 Å². The molecule has 0 saturated heterocycles. The summed E-state index contributed by atoms with van der Waals surface area (Å²) in [4.78, 5) is 23.2. The van der Waals surface area contributed by atoms with Gasteiger partial charge in [0.2, 0.25) is 0 Å². The summed E-state index contributed by atoms with van der Waals surface area (Å²) in [5.74, 6) is 0.359. The Labute approximate surface area is 114 Å². The standard InChI is InChI=1S/C14H24N2O3/c1-14(2,3)11(12(17)18)16-13(19)15-10-7-8-4-5-9(10)6-8/h8-11H,4-7H2,1-3H3,(H,17,18)(H2,15,16,19)/t8?,9?,10?,11-/m0/s1. The zero-order valence-electron chi connectivity index (χ0n) is 11.9. The van der Waals surface area contributed by atoms with E-state index in [1.165, 1.54) is 19.3 Å². The van der Waals surface area contributed by atoms with Gasteiger partial charge >= 0.3 is 12.0 Å². The van der Waals surface area contributed by atoms with E-state index in [2.05, 4.69) is 10.6 Å². The van der Waals surface area contributed by atoms with Gasteiger partial charge in [-0.05, 0) is 36.5 Å². The molecule has 0 heterocycles. The molecule has 2 fully saturated rings. The summed E-state index contributed by atoms with van der Waals surface area (Å²) in [6.45, 7) is 5.43. The molecule has 2 rings (SSSR count). The van der Waals surface area contributed by atoms with Crippen LogP contribution in [0.15, 0.2) is 0 Å². The maximum absolute atomic E-state index is 12.0. The van der Waals surface area contributed by atoms with E-state index in [0.29, 0.717) is 5.92 Å². The number of fused-ring (bicyclic) bond motifs is 2. The molecule has 2 saturated carbocycles. The molecule has 0 aromatic heterocycles. The van der Waals surface area contributed by atoms with Crippen molar-refractivity contribution in [3.8, 4) is 0 Å². The fourth-order valence-corrected chi connectivity index (χ4v) is 3.41. The first-order chi connectivity index (χ1) is 8.77. The van der Waals surface area contributed by atoms with Crippen molar-refractivity contribution in [2.45, 2.75) is 58.5 Å². The molecule has 2 aliphatic carbocycles. The third kappa shape index (κ3) is 3.19. The van der Waals surface area contributed by atoms with Gasteiger partial charge in [-0.25, -0.2) is 9.59 Å². The van der Waals surface area contributed by atoms with E-state index < -0.39 is 17.4 Å². The lowest BCUT2D eigenvalue weighted by molar-refractivity contribution is -0.141. The van der Waals surface area contributed by atoms with E-state index in [9.17, 15) is 14.7 Å². The fourth-order valence-electron chi connectivity index (χ4n) is 3.41. The van der Waals surface area contributed by atoms with Crippen molar-refractivity contribution in [2.75, 3.05) is 0 Å². The summed E-state index contributed by atoms with van der Waals surface area (Å²) in [6, 6.07) is -0.987. The first-order valence-electron chi connectivity index (χ1n) is 7.07. The zero-order chi connectivity index (χ0) is 14.2. The Morgan fingerprint density at radius 1 is 1.21 bits per heavy atom. The maximum Gasteiger partial charge on any atom is 0.326 e. The van der Waals surface area contributed by atoms with E-state index in [-0.39, 0.29) is 12.1 Å². The average Bonchev–Trinajstić information content (AvgIpc) is 2.85. The Bertz CT molecular complexity index is 375. The van der Waals surface area contributed by atoms with Crippen molar-refractivity contribution in [2.24, 2.45) is 17.3 Å². The van der Waals surface area contributed by atoms with Crippen LogP contribution >= 0.6 is 0 Å². The Balaban J connectivity index is 1.88. The molecule has 2 aliphatic rings. The minimum absolute atomic E-state index is 0.230. The highest BCUT2D eigenvalue weighted by molar-refractivity contribution is 5.83. The number of carboxylic acids is 1. The second-order valence-electron chi connectivity index (χ2n) is 7.04. The number of carbonyl (C=O) groups excluding carboxylic acids is 1. The van der Waals surface area contributed by atoms with Crippen molar-refractivity contribution in [1.29, 1.82) is 0 Å². The summed E-state index contributed by atoms with van der Waals surface area (Å²) in [5, 5.41) is 14.7. The predicted molar refractivity (Wildman–Crippen MR) is 71.8 cm³/mol. The summed E-state index contributed by atoms with van der Waals surface area (Å²) in [5.41, 5.74) is -0.502. The predicted octanol–water partition coefficient (Wildman–Crippen LogP) is 1.97. The molecule has 2 bridgehead atoms. The molecule has 0 radical (unpaired) electrons. The molecule has 108 valence electrons. The largest absolute Gasteiger partial charge is 0.480 e. The molecule has 4 atom stereocenters. The van der Waals surface area contributed by atoms with Gasteiger partial charge in [0.1, 0.15) is 6.04 Å². The molecule has 5 heteroatoms. The molecular formula is C14H24N2O3. The molecule has 3 unspecified atom stereocenters. The topological polar surface area (TPSA) is 78.4 Å². The van der Waals surface area contributed by atoms with Crippen molar-refractivity contribution < 1.29 is 14.7 Å². The van der Waals surface area contributed by atoms with Crippen LogP contribution in [0, 0.1) is 17.3 Å². The van der Waals surface area contributed by atoms with Crippen LogP contribution in [0.5, 0.6) is 0 Å². The van der Waals surface area contributed by atoms with Crippen LogP contribution in [0.2, 0.25) is 0 Å². The highest BCUT2D eigenvalue weighted by atomic mass is 16.4. The number of carboxylic acid groups (broad SMARTS) is 1. The number of hydrogen-bond donors (Lipinski definition) is 3. The molecule has 0 spiro atoms. The van der Waals surface area contributed by atoms with Gasteiger partial charge in [0.25, 0.3) is 0 Å². The summed E-state index contributed by atoms with van der Waals surface area (Å²) in [7, 11) is 0. The molecular weight excluding hydrogens is 244 g/mol. The Morgan fingerprint density at radius 2 is 1.89 bits per heavy atom. The lowest BCUT2D eigenvalue weighted by Gasteiger charge is -2.29. The maximum atomic E-state index is 12.0. The third-order valence-electron chi connectivity index (χ3n) is 4.44. The zero-order valence-corrected chi connectivity index (χ0v) is 11.9. The third-order valence-corrected chi connectivity index (χ3v) is 4.44. The van der Waals surface area contributed by atoms with Crippen LogP contribution in [0.1, 0.15) is 46.5 Å². The summed E-state index contributed by atoms with van der Waals surface area (Å²) >= 11 is 0. The number of amides is 2. The van der Waals surface area contributed by atoms with Crippen LogP contribution < -0.4 is 10.6 Å². The monoisotopic (exact) mass is 268 g/mol. The van der Waals surface area contributed by atoms with Crippen LogP contribution in [0.3, 0.4) is 0 Å². The van der Waals surface area contributed by atoms with E-state index in [4.69, 9.17) is 0 Å². The van der Waals surface area contributed by atoms with E-state index in [1.54, 1.807) is 0 Å². The highest BCUT2D eigenvalue weighted by Gasteiger charge is 2.41.